The summed E-state index contributed by atoms with van der Waals surface area (Å²) in [5.74, 6) is 0. The van der Waals surface area contributed by atoms with Gasteiger partial charge in [-0.2, -0.15) is 0 Å². The lowest BCUT2D eigenvalue weighted by atomic mass is 9.99. The summed E-state index contributed by atoms with van der Waals surface area (Å²) in [6.45, 7) is 8.63. The first kappa shape index (κ1) is 29.5. The van der Waals surface area contributed by atoms with Gasteiger partial charge in [0.2, 0.25) is 0 Å². The highest BCUT2D eigenvalue weighted by Crippen LogP contribution is 2.40. The van der Waals surface area contributed by atoms with E-state index in [1.54, 1.807) is 0 Å². The SMILES string of the molecule is C/C=C\C(=C/C)c1cc(-c2ccc(-n3c4cccc(C)c4c4c(C)c5c(ccn5-c5ccccc5)cc43)cc2)cc(-c2ccccc2)n1. The quantitative estimate of drug-likeness (QED) is 0.170. The van der Waals surface area contributed by atoms with Crippen LogP contribution in [0.3, 0.4) is 0 Å². The molecule has 3 aromatic heterocycles. The van der Waals surface area contributed by atoms with Crippen LogP contribution in [0.5, 0.6) is 0 Å². The van der Waals surface area contributed by atoms with Gasteiger partial charge in [0.1, 0.15) is 0 Å². The maximum atomic E-state index is 5.08. The zero-order valence-corrected chi connectivity index (χ0v) is 27.8. The Kier molecular flexibility index (Phi) is 7.38. The van der Waals surface area contributed by atoms with Crippen LogP contribution >= 0.6 is 0 Å². The van der Waals surface area contributed by atoms with E-state index in [9.17, 15) is 0 Å². The normalized spacial score (nSPS) is 12.2. The number of nitrogens with zero attached hydrogens (tertiary/aromatic N) is 3. The van der Waals surface area contributed by atoms with Crippen LogP contribution in [0.15, 0.2) is 152 Å². The molecule has 0 atom stereocenters. The van der Waals surface area contributed by atoms with E-state index in [0.29, 0.717) is 0 Å². The zero-order chi connectivity index (χ0) is 32.8. The van der Waals surface area contributed by atoms with Gasteiger partial charge in [0.05, 0.1) is 27.9 Å². The predicted molar refractivity (Wildman–Crippen MR) is 204 cm³/mol. The van der Waals surface area contributed by atoms with Crippen LogP contribution in [0.1, 0.15) is 30.7 Å². The van der Waals surface area contributed by atoms with Crippen molar-refractivity contribution in [3.05, 3.63) is 169 Å². The summed E-state index contributed by atoms with van der Waals surface area (Å²) >= 11 is 0. The number of aryl methyl sites for hydroxylation is 2. The number of benzene rings is 5. The van der Waals surface area contributed by atoms with Gasteiger partial charge in [0.15, 0.2) is 0 Å². The molecule has 0 bridgehead atoms. The number of rotatable bonds is 6. The molecule has 0 aliphatic carbocycles. The van der Waals surface area contributed by atoms with Crippen molar-refractivity contribution >= 4 is 38.3 Å². The fourth-order valence-electron chi connectivity index (χ4n) is 7.27. The van der Waals surface area contributed by atoms with Gasteiger partial charge >= 0.3 is 0 Å². The fraction of sp³-hybridized carbons (Fsp3) is 0.0889. The standard InChI is InChI=1S/C45H37N3/c1-5-14-32(6-2)39-27-36(28-40(46-39)34-16-9-7-10-17-34)33-21-23-38(24-22-33)48-41-20-13-15-30(3)43(41)44-31(4)45-35(29-42(44)48)25-26-47(45)37-18-11-8-12-19-37/h5-29H,1-4H3/b14-5-,32-6+. The van der Waals surface area contributed by atoms with Gasteiger partial charge in [-0.15, -0.1) is 0 Å². The molecule has 0 saturated heterocycles. The number of allylic oxidation sites excluding steroid dienone is 4. The van der Waals surface area contributed by atoms with Crippen LogP contribution < -0.4 is 0 Å². The predicted octanol–water partition coefficient (Wildman–Crippen LogP) is 12.1. The smallest absolute Gasteiger partial charge is 0.0715 e. The molecule has 232 valence electrons. The molecule has 0 saturated carbocycles. The molecule has 8 aromatic rings. The molecule has 0 fully saturated rings. The Morgan fingerprint density at radius 1 is 0.625 bits per heavy atom. The zero-order valence-electron chi connectivity index (χ0n) is 27.8. The highest BCUT2D eigenvalue weighted by atomic mass is 15.0. The van der Waals surface area contributed by atoms with Gasteiger partial charge in [-0.05, 0) is 110 Å². The van der Waals surface area contributed by atoms with Crippen molar-refractivity contribution in [1.82, 2.24) is 14.1 Å². The number of aromatic nitrogens is 3. The first-order valence-corrected chi connectivity index (χ1v) is 16.6. The van der Waals surface area contributed by atoms with E-state index in [-0.39, 0.29) is 0 Å². The van der Waals surface area contributed by atoms with Gasteiger partial charge in [-0.1, -0.05) is 91.0 Å². The lowest BCUT2D eigenvalue weighted by molar-refractivity contribution is 1.12. The number of hydrogen-bond donors (Lipinski definition) is 0. The van der Waals surface area contributed by atoms with Gasteiger partial charge in [0.25, 0.3) is 0 Å². The summed E-state index contributed by atoms with van der Waals surface area (Å²) < 4.78 is 4.76. The number of pyridine rings is 1. The lowest BCUT2D eigenvalue weighted by Crippen LogP contribution is -1.96. The maximum absolute atomic E-state index is 5.08. The van der Waals surface area contributed by atoms with Crippen molar-refractivity contribution < 1.29 is 0 Å². The topological polar surface area (TPSA) is 22.8 Å². The van der Waals surface area contributed by atoms with Crippen LogP contribution in [0, 0.1) is 13.8 Å². The van der Waals surface area contributed by atoms with Gasteiger partial charge in [-0.25, -0.2) is 4.98 Å². The molecular formula is C45H37N3. The lowest BCUT2D eigenvalue weighted by Gasteiger charge is -2.13. The maximum Gasteiger partial charge on any atom is 0.0715 e. The van der Waals surface area contributed by atoms with Crippen LogP contribution in [-0.4, -0.2) is 14.1 Å². The largest absolute Gasteiger partial charge is 0.316 e. The van der Waals surface area contributed by atoms with E-state index >= 15 is 0 Å². The van der Waals surface area contributed by atoms with Crippen LogP contribution in [0.2, 0.25) is 0 Å². The molecule has 0 aliphatic rings. The van der Waals surface area contributed by atoms with Crippen molar-refractivity contribution in [3.8, 4) is 33.8 Å². The average Bonchev–Trinajstić information content (AvgIpc) is 3.72. The molecule has 0 amide bonds. The van der Waals surface area contributed by atoms with E-state index in [1.165, 1.54) is 49.5 Å². The summed E-state index contributed by atoms with van der Waals surface area (Å²) in [4.78, 5) is 5.08. The summed E-state index contributed by atoms with van der Waals surface area (Å²) in [6.07, 6.45) is 8.52. The van der Waals surface area contributed by atoms with E-state index < -0.39 is 0 Å². The molecule has 8 rings (SSSR count). The molecule has 0 spiro atoms. The second kappa shape index (κ2) is 12.0. The first-order chi connectivity index (χ1) is 23.6. The van der Waals surface area contributed by atoms with E-state index in [2.05, 4.69) is 176 Å². The minimum absolute atomic E-state index is 0.968. The summed E-state index contributed by atoms with van der Waals surface area (Å²) in [6, 6.07) is 45.8. The van der Waals surface area contributed by atoms with Crippen molar-refractivity contribution in [3.63, 3.8) is 0 Å². The monoisotopic (exact) mass is 619 g/mol. The Morgan fingerprint density at radius 2 is 1.38 bits per heavy atom. The molecular weight excluding hydrogens is 583 g/mol. The summed E-state index contributed by atoms with van der Waals surface area (Å²) in [5, 5.41) is 3.86. The van der Waals surface area contributed by atoms with E-state index in [4.69, 9.17) is 4.98 Å². The molecule has 0 aliphatic heterocycles. The molecule has 5 aromatic carbocycles. The van der Waals surface area contributed by atoms with Crippen LogP contribution in [0.25, 0.3) is 72.0 Å². The van der Waals surface area contributed by atoms with Crippen molar-refractivity contribution in [2.24, 2.45) is 0 Å². The van der Waals surface area contributed by atoms with Gasteiger partial charge < -0.3 is 9.13 Å². The summed E-state index contributed by atoms with van der Waals surface area (Å²) in [7, 11) is 0. The third-order valence-corrected chi connectivity index (χ3v) is 9.52. The minimum atomic E-state index is 0.968. The van der Waals surface area contributed by atoms with Crippen molar-refractivity contribution in [2.45, 2.75) is 27.7 Å². The van der Waals surface area contributed by atoms with Gasteiger partial charge in [-0.3, -0.25) is 0 Å². The molecule has 0 radical (unpaired) electrons. The number of para-hydroxylation sites is 1. The molecule has 0 unspecified atom stereocenters. The minimum Gasteiger partial charge on any atom is -0.316 e. The van der Waals surface area contributed by atoms with Crippen LogP contribution in [0.4, 0.5) is 0 Å². The summed E-state index contributed by atoms with van der Waals surface area (Å²) in [5.41, 5.74) is 15.1. The van der Waals surface area contributed by atoms with E-state index in [0.717, 1.165) is 39.3 Å². The molecule has 3 nitrogen and oxygen atoms in total. The third kappa shape index (κ3) is 4.87. The Hall–Kier alpha value is -5.93. The number of fused-ring (bicyclic) bond motifs is 4. The molecule has 3 heteroatoms. The highest BCUT2D eigenvalue weighted by Gasteiger charge is 2.20. The first-order valence-electron chi connectivity index (χ1n) is 16.6. The number of hydrogen-bond acceptors (Lipinski definition) is 1. The molecule has 48 heavy (non-hydrogen) atoms. The molecule has 0 N–H and O–H groups in total. The molecule has 3 heterocycles. The third-order valence-electron chi connectivity index (χ3n) is 9.52. The highest BCUT2D eigenvalue weighted by molar-refractivity contribution is 6.17. The Balaban J connectivity index is 1.30. The van der Waals surface area contributed by atoms with Crippen molar-refractivity contribution in [1.29, 1.82) is 0 Å². The van der Waals surface area contributed by atoms with Crippen LogP contribution in [-0.2, 0) is 0 Å². The van der Waals surface area contributed by atoms with Gasteiger partial charge in [0, 0.05) is 39.3 Å². The second-order valence-electron chi connectivity index (χ2n) is 12.4. The second-order valence-corrected chi connectivity index (χ2v) is 12.4. The Bertz CT molecular complexity index is 2510. The Labute approximate surface area is 281 Å². The fourth-order valence-corrected chi connectivity index (χ4v) is 7.27. The van der Waals surface area contributed by atoms with E-state index in [1.807, 2.05) is 13.0 Å². The average molecular weight is 620 g/mol. The Morgan fingerprint density at radius 3 is 2.10 bits per heavy atom. The van der Waals surface area contributed by atoms with Crippen molar-refractivity contribution in [2.75, 3.05) is 0 Å².